The molecule has 1 aromatic carbocycles. The summed E-state index contributed by atoms with van der Waals surface area (Å²) < 4.78 is 32.7. The van der Waals surface area contributed by atoms with E-state index in [4.69, 9.17) is 4.74 Å². The summed E-state index contributed by atoms with van der Waals surface area (Å²) in [5.74, 6) is 0.0745. The molecule has 0 aliphatic heterocycles. The van der Waals surface area contributed by atoms with Gasteiger partial charge in [0.15, 0.2) is 5.78 Å². The van der Waals surface area contributed by atoms with Gasteiger partial charge < -0.3 is 4.74 Å². The fourth-order valence-corrected chi connectivity index (χ4v) is 3.93. The van der Waals surface area contributed by atoms with Crippen LogP contribution >= 0.6 is 0 Å². The van der Waals surface area contributed by atoms with Crippen molar-refractivity contribution in [1.29, 1.82) is 0 Å². The number of nitrogens with one attached hydrogen (secondary N) is 1. The number of rotatable bonds is 5. The molecule has 0 amide bonds. The predicted octanol–water partition coefficient (Wildman–Crippen LogP) is 2.12. The minimum absolute atomic E-state index is 0.0225. The van der Waals surface area contributed by atoms with Crippen molar-refractivity contribution in [2.24, 2.45) is 0 Å². The molecule has 110 valence electrons. The average Bonchev–Trinajstić information content (AvgIpc) is 2.90. The van der Waals surface area contributed by atoms with E-state index in [0.29, 0.717) is 5.56 Å². The summed E-state index contributed by atoms with van der Waals surface area (Å²) in [5.41, 5.74) is 0.359. The number of hydrogen-bond donors (Lipinski definition) is 1. The van der Waals surface area contributed by atoms with Crippen LogP contribution in [-0.2, 0) is 10.0 Å². The summed E-state index contributed by atoms with van der Waals surface area (Å²) in [7, 11) is -2.26. The SMILES string of the molecule is COc1ccc(C(C)=O)cc1S(=O)(=O)NC1CCCC1. The van der Waals surface area contributed by atoms with E-state index >= 15 is 0 Å². The first kappa shape index (κ1) is 15.0. The fourth-order valence-electron chi connectivity index (χ4n) is 2.43. The molecule has 1 aliphatic carbocycles. The number of hydrogen-bond acceptors (Lipinski definition) is 4. The largest absolute Gasteiger partial charge is 0.495 e. The van der Waals surface area contributed by atoms with E-state index in [-0.39, 0.29) is 22.5 Å². The molecule has 1 fully saturated rings. The van der Waals surface area contributed by atoms with Crippen LogP contribution in [0.3, 0.4) is 0 Å². The maximum Gasteiger partial charge on any atom is 0.244 e. The molecule has 6 heteroatoms. The topological polar surface area (TPSA) is 72.5 Å². The number of benzene rings is 1. The van der Waals surface area contributed by atoms with Gasteiger partial charge in [-0.3, -0.25) is 4.79 Å². The maximum atomic E-state index is 12.4. The second-order valence-electron chi connectivity index (χ2n) is 5.02. The summed E-state index contributed by atoms with van der Waals surface area (Å²) in [6.45, 7) is 1.41. The van der Waals surface area contributed by atoms with Crippen molar-refractivity contribution >= 4 is 15.8 Å². The van der Waals surface area contributed by atoms with Gasteiger partial charge in [-0.15, -0.1) is 0 Å². The van der Waals surface area contributed by atoms with E-state index in [1.165, 1.54) is 26.2 Å². The standard InChI is InChI=1S/C14H19NO4S/c1-10(16)11-7-8-13(19-2)14(9-11)20(17,18)15-12-5-3-4-6-12/h7-9,12,15H,3-6H2,1-2H3. The molecule has 20 heavy (non-hydrogen) atoms. The van der Waals surface area contributed by atoms with Gasteiger partial charge >= 0.3 is 0 Å². The van der Waals surface area contributed by atoms with Gasteiger partial charge in [-0.1, -0.05) is 12.8 Å². The van der Waals surface area contributed by atoms with Crippen molar-refractivity contribution < 1.29 is 17.9 Å². The van der Waals surface area contributed by atoms with Crippen LogP contribution in [0.15, 0.2) is 23.1 Å². The van der Waals surface area contributed by atoms with Crippen LogP contribution < -0.4 is 9.46 Å². The zero-order chi connectivity index (χ0) is 14.8. The van der Waals surface area contributed by atoms with E-state index in [2.05, 4.69) is 4.72 Å². The smallest absolute Gasteiger partial charge is 0.244 e. The molecule has 1 saturated carbocycles. The lowest BCUT2D eigenvalue weighted by atomic mass is 10.1. The normalized spacial score (nSPS) is 16.3. The molecular weight excluding hydrogens is 278 g/mol. The van der Waals surface area contributed by atoms with Gasteiger partial charge in [-0.2, -0.15) is 0 Å². The van der Waals surface area contributed by atoms with Crippen LogP contribution in [-0.4, -0.2) is 27.4 Å². The van der Waals surface area contributed by atoms with Crippen molar-refractivity contribution in [3.63, 3.8) is 0 Å². The highest BCUT2D eigenvalue weighted by Gasteiger charge is 2.26. The second kappa shape index (κ2) is 5.93. The van der Waals surface area contributed by atoms with Gasteiger partial charge in [0.25, 0.3) is 0 Å². The van der Waals surface area contributed by atoms with Crippen LogP contribution in [0.5, 0.6) is 5.75 Å². The van der Waals surface area contributed by atoms with Gasteiger partial charge in [0.1, 0.15) is 10.6 Å². The van der Waals surface area contributed by atoms with Gasteiger partial charge in [-0.25, -0.2) is 13.1 Å². The highest BCUT2D eigenvalue weighted by molar-refractivity contribution is 7.89. The monoisotopic (exact) mass is 297 g/mol. The Hall–Kier alpha value is -1.40. The Morgan fingerprint density at radius 1 is 1.30 bits per heavy atom. The Labute approximate surface area is 119 Å². The zero-order valence-corrected chi connectivity index (χ0v) is 12.5. The first-order valence-electron chi connectivity index (χ1n) is 6.65. The van der Waals surface area contributed by atoms with Crippen LogP contribution in [0.1, 0.15) is 43.0 Å². The Balaban J connectivity index is 2.37. The number of methoxy groups -OCH3 is 1. The van der Waals surface area contributed by atoms with Crippen LogP contribution in [0.25, 0.3) is 0 Å². The average molecular weight is 297 g/mol. The minimum atomic E-state index is -3.67. The van der Waals surface area contributed by atoms with Crippen molar-refractivity contribution in [2.75, 3.05) is 7.11 Å². The fraction of sp³-hybridized carbons (Fsp3) is 0.500. The third kappa shape index (κ3) is 3.19. The van der Waals surface area contributed by atoms with Crippen molar-refractivity contribution in [3.05, 3.63) is 23.8 Å². The number of carbonyl (C=O) groups excluding carboxylic acids is 1. The number of ketones is 1. The van der Waals surface area contributed by atoms with Gasteiger partial charge in [-0.05, 0) is 38.0 Å². The number of Topliss-reactive ketones (excluding diaryl/α,β-unsaturated/α-hetero) is 1. The van der Waals surface area contributed by atoms with Crippen molar-refractivity contribution in [1.82, 2.24) is 4.72 Å². The van der Waals surface area contributed by atoms with E-state index in [9.17, 15) is 13.2 Å². The minimum Gasteiger partial charge on any atom is -0.495 e. The number of ether oxygens (including phenoxy) is 1. The van der Waals surface area contributed by atoms with Gasteiger partial charge in [0.2, 0.25) is 10.0 Å². The Kier molecular flexibility index (Phi) is 4.45. The molecule has 1 aromatic rings. The summed E-state index contributed by atoms with van der Waals surface area (Å²) >= 11 is 0. The first-order chi connectivity index (χ1) is 9.44. The van der Waals surface area contributed by atoms with Crippen LogP contribution in [0.2, 0.25) is 0 Å². The Bertz CT molecular complexity index is 604. The molecule has 0 bridgehead atoms. The van der Waals surface area contributed by atoms with E-state index in [1.54, 1.807) is 6.07 Å². The zero-order valence-electron chi connectivity index (χ0n) is 11.7. The maximum absolute atomic E-state index is 12.4. The van der Waals surface area contributed by atoms with E-state index < -0.39 is 10.0 Å². The molecule has 1 N–H and O–H groups in total. The molecule has 0 heterocycles. The van der Waals surface area contributed by atoms with Crippen LogP contribution in [0, 0.1) is 0 Å². The molecule has 0 spiro atoms. The van der Waals surface area contributed by atoms with Gasteiger partial charge in [0, 0.05) is 11.6 Å². The lowest BCUT2D eigenvalue weighted by Crippen LogP contribution is -2.33. The molecule has 0 atom stereocenters. The highest BCUT2D eigenvalue weighted by atomic mass is 32.2. The quantitative estimate of drug-likeness (QED) is 0.845. The molecule has 2 rings (SSSR count). The van der Waals surface area contributed by atoms with E-state index in [1.807, 2.05) is 0 Å². The lowest BCUT2D eigenvalue weighted by molar-refractivity contribution is 0.101. The number of carbonyl (C=O) groups is 1. The third-order valence-electron chi connectivity index (χ3n) is 3.54. The second-order valence-corrected chi connectivity index (χ2v) is 6.71. The summed E-state index contributed by atoms with van der Waals surface area (Å²) in [4.78, 5) is 11.4. The third-order valence-corrected chi connectivity index (χ3v) is 5.08. The Morgan fingerprint density at radius 3 is 2.50 bits per heavy atom. The molecule has 0 radical (unpaired) electrons. The molecule has 1 aliphatic rings. The lowest BCUT2D eigenvalue weighted by Gasteiger charge is -2.15. The van der Waals surface area contributed by atoms with Crippen molar-refractivity contribution in [3.8, 4) is 5.75 Å². The van der Waals surface area contributed by atoms with E-state index in [0.717, 1.165) is 25.7 Å². The van der Waals surface area contributed by atoms with Crippen LogP contribution in [0.4, 0.5) is 0 Å². The summed E-state index contributed by atoms with van der Waals surface area (Å²) in [5, 5.41) is 0. The summed E-state index contributed by atoms with van der Waals surface area (Å²) in [6, 6.07) is 4.43. The first-order valence-corrected chi connectivity index (χ1v) is 8.13. The molecule has 5 nitrogen and oxygen atoms in total. The molecular formula is C14H19NO4S. The predicted molar refractivity (Wildman–Crippen MR) is 75.6 cm³/mol. The highest BCUT2D eigenvalue weighted by Crippen LogP contribution is 2.27. The molecule has 0 unspecified atom stereocenters. The van der Waals surface area contributed by atoms with Gasteiger partial charge in [0.05, 0.1) is 7.11 Å². The number of sulfonamides is 1. The molecule has 0 saturated heterocycles. The molecule has 0 aromatic heterocycles. The van der Waals surface area contributed by atoms with Crippen molar-refractivity contribution in [2.45, 2.75) is 43.5 Å². The summed E-state index contributed by atoms with van der Waals surface area (Å²) in [6.07, 6.45) is 3.79. The Morgan fingerprint density at radius 2 is 1.95 bits per heavy atom.